The molecule has 3 N–H and O–H groups in total. The summed E-state index contributed by atoms with van der Waals surface area (Å²) in [6, 6.07) is 12.7. The fraction of sp³-hybridized carbons (Fsp3) is 0.304. The van der Waals surface area contributed by atoms with Crippen molar-refractivity contribution in [2.24, 2.45) is 0 Å². The highest BCUT2D eigenvalue weighted by Crippen LogP contribution is 2.30. The van der Waals surface area contributed by atoms with Crippen LogP contribution in [0.1, 0.15) is 41.7 Å². The van der Waals surface area contributed by atoms with Gasteiger partial charge in [-0.25, -0.2) is 4.98 Å². The van der Waals surface area contributed by atoms with Gasteiger partial charge in [0.15, 0.2) is 5.69 Å². The minimum Gasteiger partial charge on any atom is -0.368 e. The van der Waals surface area contributed by atoms with Crippen LogP contribution >= 0.6 is 0 Å². The highest BCUT2D eigenvalue weighted by Gasteiger charge is 2.34. The number of imidazole rings is 1. The van der Waals surface area contributed by atoms with Crippen LogP contribution in [-0.2, 0) is 6.18 Å². The molecule has 9 heteroatoms. The van der Waals surface area contributed by atoms with Gasteiger partial charge in [-0.2, -0.15) is 13.2 Å². The molecule has 1 aromatic carbocycles. The molecule has 5 rings (SSSR count). The van der Waals surface area contributed by atoms with Crippen molar-refractivity contribution in [3.8, 4) is 0 Å². The maximum atomic E-state index is 13.0. The number of halogens is 3. The zero-order valence-corrected chi connectivity index (χ0v) is 17.1. The second-order valence-electron chi connectivity index (χ2n) is 8.17. The van der Waals surface area contributed by atoms with Gasteiger partial charge in [0.2, 0.25) is 0 Å². The number of benzene rings is 1. The fourth-order valence-corrected chi connectivity index (χ4v) is 4.40. The van der Waals surface area contributed by atoms with Gasteiger partial charge in [0.25, 0.3) is 5.91 Å². The fourth-order valence-electron chi connectivity index (χ4n) is 4.40. The zero-order chi connectivity index (χ0) is 22.3. The van der Waals surface area contributed by atoms with E-state index in [4.69, 9.17) is 0 Å². The average molecular weight is 441 g/mol. The van der Waals surface area contributed by atoms with E-state index in [0.29, 0.717) is 11.4 Å². The number of alkyl halides is 3. The van der Waals surface area contributed by atoms with Crippen molar-refractivity contribution in [3.63, 3.8) is 0 Å². The number of aromatic nitrogens is 3. The van der Waals surface area contributed by atoms with Gasteiger partial charge >= 0.3 is 6.18 Å². The number of pyridine rings is 1. The summed E-state index contributed by atoms with van der Waals surface area (Å²) in [7, 11) is 0. The largest absolute Gasteiger partial charge is 0.434 e. The molecule has 0 unspecified atom stereocenters. The summed E-state index contributed by atoms with van der Waals surface area (Å²) in [5, 5.41) is 7.38. The van der Waals surface area contributed by atoms with Crippen LogP contribution in [0.15, 0.2) is 54.9 Å². The van der Waals surface area contributed by atoms with Crippen LogP contribution in [0.5, 0.6) is 0 Å². The van der Waals surface area contributed by atoms with E-state index in [9.17, 15) is 18.0 Å². The summed E-state index contributed by atoms with van der Waals surface area (Å²) >= 11 is 0. The molecule has 0 atom stereocenters. The van der Waals surface area contributed by atoms with Gasteiger partial charge in [-0.1, -0.05) is 12.1 Å². The van der Waals surface area contributed by atoms with E-state index in [1.807, 2.05) is 30.5 Å². The molecule has 1 saturated carbocycles. The summed E-state index contributed by atoms with van der Waals surface area (Å²) in [6.07, 6.45) is 1.54. The third kappa shape index (κ3) is 3.90. The Morgan fingerprint density at radius 1 is 1.03 bits per heavy atom. The van der Waals surface area contributed by atoms with E-state index in [2.05, 4.69) is 20.6 Å². The molecule has 3 heterocycles. The van der Waals surface area contributed by atoms with Gasteiger partial charge in [0.1, 0.15) is 11.5 Å². The van der Waals surface area contributed by atoms with E-state index in [0.717, 1.165) is 42.8 Å². The monoisotopic (exact) mass is 441 g/mol. The molecule has 0 aliphatic heterocycles. The topological polar surface area (TPSA) is 74.2 Å². The number of hydrogen-bond donors (Lipinski definition) is 3. The number of nitrogens with zero attached hydrogens (tertiary/aromatic N) is 2. The number of amides is 1. The Bertz CT molecular complexity index is 1270. The Labute approximate surface area is 181 Å². The highest BCUT2D eigenvalue weighted by molar-refractivity contribution is 6.06. The van der Waals surface area contributed by atoms with Crippen molar-refractivity contribution in [2.45, 2.75) is 43.9 Å². The molecule has 1 amide bonds. The molecule has 1 aliphatic carbocycles. The van der Waals surface area contributed by atoms with Crippen molar-refractivity contribution >= 4 is 28.3 Å². The van der Waals surface area contributed by atoms with Crippen LogP contribution in [-0.4, -0.2) is 32.4 Å². The number of carbonyl (C=O) groups excluding carboxylic acids is 1. The summed E-state index contributed by atoms with van der Waals surface area (Å²) in [4.78, 5) is 19.6. The normalized spacial score (nSPS) is 19.3. The number of fused-ring (bicyclic) bond motifs is 2. The minimum absolute atomic E-state index is 0.0654. The summed E-state index contributed by atoms with van der Waals surface area (Å²) < 4.78 is 40.5. The first-order valence-electron chi connectivity index (χ1n) is 10.6. The van der Waals surface area contributed by atoms with Crippen LogP contribution in [0.4, 0.5) is 19.0 Å². The Hall–Kier alpha value is -3.49. The van der Waals surface area contributed by atoms with Crippen LogP contribution in [0.3, 0.4) is 0 Å². The number of anilines is 1. The first-order valence-corrected chi connectivity index (χ1v) is 10.6. The van der Waals surface area contributed by atoms with Crippen molar-refractivity contribution < 1.29 is 18.0 Å². The molecule has 4 aromatic rings. The van der Waals surface area contributed by atoms with Gasteiger partial charge in [-0.15, -0.1) is 0 Å². The van der Waals surface area contributed by atoms with E-state index < -0.39 is 11.9 Å². The highest BCUT2D eigenvalue weighted by atomic mass is 19.4. The minimum atomic E-state index is -4.48. The second-order valence-corrected chi connectivity index (χ2v) is 8.17. The molecule has 6 nitrogen and oxygen atoms in total. The molecule has 1 aliphatic rings. The van der Waals surface area contributed by atoms with Crippen molar-refractivity contribution in [3.05, 3.63) is 66.1 Å². The predicted octanol–water partition coefficient (Wildman–Crippen LogP) is 4.99. The first-order chi connectivity index (χ1) is 15.4. The standard InChI is InChI=1S/C23H22F3N5O/c24-23(25,26)19-13-31-20(5-2-6-21(31)30-19)28-14-7-9-15(10-8-14)29-22(32)17-3-1-4-18-16(17)11-12-27-18/h1-6,11-15,27-28H,7-10H2,(H,29,32)/t14-,15+. The van der Waals surface area contributed by atoms with E-state index >= 15 is 0 Å². The molecule has 1 fully saturated rings. The number of aromatic amines is 1. The number of hydrogen-bond acceptors (Lipinski definition) is 3. The lowest BCUT2D eigenvalue weighted by molar-refractivity contribution is -0.140. The quantitative estimate of drug-likeness (QED) is 0.418. The number of carbonyl (C=O) groups is 1. The third-order valence-corrected chi connectivity index (χ3v) is 6.04. The lowest BCUT2D eigenvalue weighted by atomic mass is 9.91. The van der Waals surface area contributed by atoms with Crippen molar-refractivity contribution in [1.82, 2.24) is 19.7 Å². The van der Waals surface area contributed by atoms with Crippen LogP contribution in [0, 0.1) is 0 Å². The first kappa shape index (κ1) is 20.4. The van der Waals surface area contributed by atoms with Gasteiger partial charge in [-0.3, -0.25) is 9.20 Å². The van der Waals surface area contributed by atoms with Gasteiger partial charge < -0.3 is 15.6 Å². The Kier molecular flexibility index (Phi) is 5.03. The second kappa shape index (κ2) is 7.89. The Morgan fingerprint density at radius 2 is 1.78 bits per heavy atom. The third-order valence-electron chi connectivity index (χ3n) is 6.04. The molecule has 0 bridgehead atoms. The maximum Gasteiger partial charge on any atom is 0.434 e. The average Bonchev–Trinajstić information content (AvgIpc) is 3.42. The summed E-state index contributed by atoms with van der Waals surface area (Å²) in [5.41, 5.74) is 0.919. The Balaban J connectivity index is 1.22. The van der Waals surface area contributed by atoms with Crippen LogP contribution in [0.2, 0.25) is 0 Å². The van der Waals surface area contributed by atoms with Gasteiger partial charge in [-0.05, 0) is 56.0 Å². The lowest BCUT2D eigenvalue weighted by Gasteiger charge is -2.30. The molecule has 0 radical (unpaired) electrons. The van der Waals surface area contributed by atoms with Gasteiger partial charge in [0, 0.05) is 40.9 Å². The van der Waals surface area contributed by atoms with Crippen molar-refractivity contribution in [2.75, 3.05) is 5.32 Å². The molecule has 0 saturated heterocycles. The molecule has 0 spiro atoms. The molecular weight excluding hydrogens is 419 g/mol. The number of nitrogens with one attached hydrogen (secondary N) is 3. The molecule has 3 aromatic heterocycles. The van der Waals surface area contributed by atoms with Crippen molar-refractivity contribution in [1.29, 1.82) is 0 Å². The number of rotatable bonds is 4. The summed E-state index contributed by atoms with van der Waals surface area (Å²) in [6.45, 7) is 0. The molecular formula is C23H22F3N5O. The van der Waals surface area contributed by atoms with E-state index in [1.54, 1.807) is 18.2 Å². The molecule has 166 valence electrons. The zero-order valence-electron chi connectivity index (χ0n) is 17.1. The maximum absolute atomic E-state index is 13.0. The van der Waals surface area contributed by atoms with Crippen LogP contribution in [0.25, 0.3) is 16.6 Å². The Morgan fingerprint density at radius 3 is 2.56 bits per heavy atom. The lowest BCUT2D eigenvalue weighted by Crippen LogP contribution is -2.40. The summed E-state index contributed by atoms with van der Waals surface area (Å²) in [5.74, 6) is 0.492. The SMILES string of the molecule is O=C(N[C@H]1CC[C@@H](Nc2cccc3nc(C(F)(F)F)cn23)CC1)c1cccc2[nH]ccc12. The van der Waals surface area contributed by atoms with Crippen LogP contribution < -0.4 is 10.6 Å². The van der Waals surface area contributed by atoms with Gasteiger partial charge in [0.05, 0.1) is 0 Å². The van der Waals surface area contributed by atoms with E-state index in [1.165, 1.54) is 4.40 Å². The smallest absolute Gasteiger partial charge is 0.368 e. The van der Waals surface area contributed by atoms with E-state index in [-0.39, 0.29) is 23.6 Å². The number of H-pyrrole nitrogens is 1. The predicted molar refractivity (Wildman–Crippen MR) is 116 cm³/mol. The molecule has 32 heavy (non-hydrogen) atoms.